The van der Waals surface area contributed by atoms with Gasteiger partial charge in [0, 0.05) is 18.3 Å². The topological polar surface area (TPSA) is 88.5 Å². The number of pyridine rings is 1. The number of aromatic nitrogens is 1. The molecule has 2 heterocycles. The van der Waals surface area contributed by atoms with Gasteiger partial charge in [-0.3, -0.25) is 19.9 Å². The van der Waals surface area contributed by atoms with Gasteiger partial charge in [0.25, 0.3) is 5.24 Å². The molecule has 1 unspecified atom stereocenters. The van der Waals surface area contributed by atoms with E-state index in [-0.39, 0.29) is 23.0 Å². The van der Waals surface area contributed by atoms with Gasteiger partial charge in [0.05, 0.1) is 18.5 Å². The summed E-state index contributed by atoms with van der Waals surface area (Å²) >= 11 is 1.03. The number of aliphatic hydroxyl groups is 1. The Morgan fingerprint density at radius 1 is 1.12 bits per heavy atom. The molecule has 1 aromatic carbocycles. The fourth-order valence-electron chi connectivity index (χ4n) is 2.43. The Morgan fingerprint density at radius 3 is 2.48 bits per heavy atom. The summed E-state index contributed by atoms with van der Waals surface area (Å²) in [6.45, 7) is 0.492. The predicted molar refractivity (Wildman–Crippen MR) is 94.4 cm³/mol. The van der Waals surface area contributed by atoms with Gasteiger partial charge in [0.2, 0.25) is 5.91 Å². The third-order valence-electron chi connectivity index (χ3n) is 3.81. The lowest BCUT2D eigenvalue weighted by Gasteiger charge is -2.09. The Morgan fingerprint density at radius 2 is 1.88 bits per heavy atom. The summed E-state index contributed by atoms with van der Waals surface area (Å²) in [5.74, 6) is 0.519. The highest BCUT2D eigenvalue weighted by Crippen LogP contribution is 2.23. The van der Waals surface area contributed by atoms with Gasteiger partial charge in [-0.1, -0.05) is 30.0 Å². The second-order valence-electron chi connectivity index (χ2n) is 5.65. The lowest BCUT2D eigenvalue weighted by atomic mass is 10.1. The predicted octanol–water partition coefficient (Wildman–Crippen LogP) is 2.09. The van der Waals surface area contributed by atoms with Crippen molar-refractivity contribution in [2.24, 2.45) is 0 Å². The maximum absolute atomic E-state index is 11.6. The molecule has 2 aromatic rings. The summed E-state index contributed by atoms with van der Waals surface area (Å²) in [7, 11) is 0. The molecule has 1 aliphatic rings. The van der Waals surface area contributed by atoms with E-state index in [4.69, 9.17) is 9.84 Å². The number of carbonyl (C=O) groups excluding carboxylic acids is 2. The summed E-state index contributed by atoms with van der Waals surface area (Å²) < 4.78 is 5.70. The van der Waals surface area contributed by atoms with Crippen molar-refractivity contribution in [2.75, 3.05) is 6.61 Å². The van der Waals surface area contributed by atoms with Crippen LogP contribution in [0.1, 0.15) is 16.8 Å². The SMILES string of the molecule is O=C1NC(=O)C(Cc2ccc(OCCc3ccc(CO)cn3)cc2)S1. The van der Waals surface area contributed by atoms with Gasteiger partial charge in [-0.2, -0.15) is 0 Å². The van der Waals surface area contributed by atoms with Crippen LogP contribution in [-0.2, 0) is 24.2 Å². The van der Waals surface area contributed by atoms with E-state index in [1.165, 1.54) is 0 Å². The number of rotatable bonds is 7. The highest BCUT2D eigenvalue weighted by atomic mass is 32.2. The molecule has 0 saturated carbocycles. The van der Waals surface area contributed by atoms with Crippen LogP contribution in [0.25, 0.3) is 0 Å². The summed E-state index contributed by atoms with van der Waals surface area (Å²) in [5, 5.41) is 10.6. The molecule has 0 radical (unpaired) electrons. The van der Waals surface area contributed by atoms with Gasteiger partial charge >= 0.3 is 0 Å². The zero-order valence-electron chi connectivity index (χ0n) is 13.5. The van der Waals surface area contributed by atoms with Gasteiger partial charge in [0.15, 0.2) is 0 Å². The zero-order valence-corrected chi connectivity index (χ0v) is 14.3. The average molecular weight is 358 g/mol. The molecular formula is C18H18N2O4S. The molecule has 0 bridgehead atoms. The van der Waals surface area contributed by atoms with Crippen molar-refractivity contribution in [3.8, 4) is 5.75 Å². The summed E-state index contributed by atoms with van der Waals surface area (Å²) in [5.41, 5.74) is 2.68. The summed E-state index contributed by atoms with van der Waals surface area (Å²) in [6, 6.07) is 11.2. The number of carbonyl (C=O) groups is 2. The molecule has 6 nitrogen and oxygen atoms in total. The number of nitrogens with zero attached hydrogens (tertiary/aromatic N) is 1. The maximum Gasteiger partial charge on any atom is 0.286 e. The van der Waals surface area contributed by atoms with E-state index in [2.05, 4.69) is 10.3 Å². The monoisotopic (exact) mass is 358 g/mol. The molecule has 2 amide bonds. The quantitative estimate of drug-likeness (QED) is 0.788. The molecular weight excluding hydrogens is 340 g/mol. The van der Waals surface area contributed by atoms with E-state index in [1.54, 1.807) is 6.20 Å². The minimum absolute atomic E-state index is 0.00862. The summed E-state index contributed by atoms with van der Waals surface area (Å²) in [6.07, 6.45) is 2.85. The first-order valence-electron chi connectivity index (χ1n) is 7.92. The van der Waals surface area contributed by atoms with Crippen LogP contribution in [0.15, 0.2) is 42.6 Å². The van der Waals surface area contributed by atoms with Crippen molar-refractivity contribution >= 4 is 22.9 Å². The number of amides is 2. The van der Waals surface area contributed by atoms with Crippen molar-refractivity contribution in [3.63, 3.8) is 0 Å². The lowest BCUT2D eigenvalue weighted by molar-refractivity contribution is -0.118. The highest BCUT2D eigenvalue weighted by Gasteiger charge is 2.31. The largest absolute Gasteiger partial charge is 0.493 e. The molecule has 130 valence electrons. The van der Waals surface area contributed by atoms with Crippen LogP contribution in [0, 0.1) is 0 Å². The minimum atomic E-state index is -0.354. The van der Waals surface area contributed by atoms with Crippen molar-refractivity contribution < 1.29 is 19.4 Å². The molecule has 1 atom stereocenters. The molecule has 1 saturated heterocycles. The zero-order chi connectivity index (χ0) is 17.6. The minimum Gasteiger partial charge on any atom is -0.493 e. The Hall–Kier alpha value is -2.38. The first kappa shape index (κ1) is 17.4. The van der Waals surface area contributed by atoms with E-state index in [0.717, 1.165) is 34.3 Å². The lowest BCUT2D eigenvalue weighted by Crippen LogP contribution is -2.25. The third-order valence-corrected chi connectivity index (χ3v) is 4.79. The fraction of sp³-hybridized carbons (Fsp3) is 0.278. The van der Waals surface area contributed by atoms with E-state index in [0.29, 0.717) is 19.4 Å². The van der Waals surface area contributed by atoms with Crippen LogP contribution >= 0.6 is 11.8 Å². The van der Waals surface area contributed by atoms with Gasteiger partial charge in [-0.05, 0) is 35.7 Å². The number of aliphatic hydroxyl groups excluding tert-OH is 1. The molecule has 25 heavy (non-hydrogen) atoms. The number of imide groups is 1. The third kappa shape index (κ3) is 4.80. The normalized spacial score (nSPS) is 16.8. The maximum atomic E-state index is 11.6. The molecule has 2 N–H and O–H groups in total. The number of hydrogen-bond donors (Lipinski definition) is 2. The van der Waals surface area contributed by atoms with Crippen LogP contribution in [0.2, 0.25) is 0 Å². The van der Waals surface area contributed by atoms with Crippen molar-refractivity contribution in [1.29, 1.82) is 0 Å². The van der Waals surface area contributed by atoms with E-state index in [1.807, 2.05) is 36.4 Å². The Bertz CT molecular complexity index is 747. The Kier molecular flexibility index (Phi) is 5.67. The first-order chi connectivity index (χ1) is 12.1. The number of thioether (sulfide) groups is 1. The molecule has 1 aromatic heterocycles. The molecule has 7 heteroatoms. The van der Waals surface area contributed by atoms with Crippen LogP contribution in [0.3, 0.4) is 0 Å². The van der Waals surface area contributed by atoms with E-state index < -0.39 is 0 Å². The molecule has 0 aliphatic carbocycles. The summed E-state index contributed by atoms with van der Waals surface area (Å²) in [4.78, 5) is 27.0. The van der Waals surface area contributed by atoms with Crippen LogP contribution in [-0.4, -0.2) is 33.1 Å². The van der Waals surface area contributed by atoms with Gasteiger partial charge in [-0.25, -0.2) is 0 Å². The van der Waals surface area contributed by atoms with Crippen LogP contribution < -0.4 is 10.1 Å². The second kappa shape index (κ2) is 8.13. The van der Waals surface area contributed by atoms with Gasteiger partial charge in [-0.15, -0.1) is 0 Å². The Balaban J connectivity index is 1.47. The Labute approximate surface area is 149 Å². The fourth-order valence-corrected chi connectivity index (χ4v) is 3.29. The molecule has 1 aliphatic heterocycles. The van der Waals surface area contributed by atoms with E-state index in [9.17, 15) is 9.59 Å². The van der Waals surface area contributed by atoms with Crippen molar-refractivity contribution in [1.82, 2.24) is 10.3 Å². The smallest absolute Gasteiger partial charge is 0.286 e. The number of nitrogens with one attached hydrogen (secondary N) is 1. The van der Waals surface area contributed by atoms with Gasteiger partial charge in [0.1, 0.15) is 5.75 Å². The second-order valence-corrected chi connectivity index (χ2v) is 6.82. The van der Waals surface area contributed by atoms with Gasteiger partial charge < -0.3 is 9.84 Å². The van der Waals surface area contributed by atoms with Crippen LogP contribution in [0.4, 0.5) is 4.79 Å². The molecule has 3 rings (SSSR count). The van der Waals surface area contributed by atoms with E-state index >= 15 is 0 Å². The highest BCUT2D eigenvalue weighted by molar-refractivity contribution is 8.15. The number of ether oxygens (including phenoxy) is 1. The number of benzene rings is 1. The van der Waals surface area contributed by atoms with Crippen molar-refractivity contribution in [3.05, 3.63) is 59.4 Å². The van der Waals surface area contributed by atoms with Crippen LogP contribution in [0.5, 0.6) is 5.75 Å². The average Bonchev–Trinajstić information content (AvgIpc) is 2.94. The molecule has 0 spiro atoms. The first-order valence-corrected chi connectivity index (χ1v) is 8.80. The van der Waals surface area contributed by atoms with Crippen molar-refractivity contribution in [2.45, 2.75) is 24.7 Å². The molecule has 1 fully saturated rings. The number of hydrogen-bond acceptors (Lipinski definition) is 6. The standard InChI is InChI=1S/C18H18N2O4S/c21-11-13-1-4-14(19-10-13)7-8-24-15-5-2-12(3-6-15)9-16-17(22)20-18(23)25-16/h1-6,10,16,21H,7-9,11H2,(H,20,22,23).